The van der Waals surface area contributed by atoms with Gasteiger partial charge in [0.1, 0.15) is 5.67 Å². The number of rotatable bonds is 2. The highest BCUT2D eigenvalue weighted by atomic mass is 19.1. The van der Waals surface area contributed by atoms with Crippen molar-refractivity contribution in [2.75, 3.05) is 6.61 Å². The number of alkyl halides is 1. The van der Waals surface area contributed by atoms with E-state index in [9.17, 15) is 4.39 Å². The molecule has 3 nitrogen and oxygen atoms in total. The molecule has 2 aliphatic heterocycles. The summed E-state index contributed by atoms with van der Waals surface area (Å²) in [6.45, 7) is 2.30. The van der Waals surface area contributed by atoms with Crippen LogP contribution in [0.4, 0.5) is 4.39 Å². The smallest absolute Gasteiger partial charge is 0.179 e. The third-order valence-corrected chi connectivity index (χ3v) is 3.44. The van der Waals surface area contributed by atoms with Crippen LogP contribution in [0.25, 0.3) is 0 Å². The van der Waals surface area contributed by atoms with E-state index >= 15 is 0 Å². The predicted molar refractivity (Wildman–Crippen MR) is 60.7 cm³/mol. The highest BCUT2D eigenvalue weighted by molar-refractivity contribution is 5.14. The molecule has 92 valence electrons. The van der Waals surface area contributed by atoms with E-state index in [0.29, 0.717) is 13.0 Å². The minimum Gasteiger partial charge on any atom is -0.347 e. The van der Waals surface area contributed by atoms with E-state index in [1.54, 1.807) is 12.0 Å². The summed E-state index contributed by atoms with van der Waals surface area (Å²) in [5.74, 6) is 0. The average molecular weight is 237 g/mol. The molecule has 2 aliphatic rings. The Balaban J connectivity index is 1.76. The van der Waals surface area contributed by atoms with Gasteiger partial charge in [-0.05, 0) is 12.5 Å². The van der Waals surface area contributed by atoms with Crippen LogP contribution in [-0.2, 0) is 16.1 Å². The summed E-state index contributed by atoms with van der Waals surface area (Å²) in [7, 11) is 0. The second-order valence-corrected chi connectivity index (χ2v) is 4.94. The van der Waals surface area contributed by atoms with E-state index in [2.05, 4.69) is 0 Å². The molecule has 2 fully saturated rings. The van der Waals surface area contributed by atoms with Crippen molar-refractivity contribution in [3.63, 3.8) is 0 Å². The molecule has 0 aromatic heterocycles. The van der Waals surface area contributed by atoms with Crippen LogP contribution in [0.3, 0.4) is 0 Å². The normalized spacial score (nSPS) is 37.3. The minimum atomic E-state index is -1.33. The molecule has 0 spiro atoms. The molecule has 0 N–H and O–H groups in total. The van der Waals surface area contributed by atoms with Gasteiger partial charge < -0.3 is 4.74 Å². The van der Waals surface area contributed by atoms with Crippen molar-refractivity contribution in [2.24, 2.45) is 0 Å². The lowest BCUT2D eigenvalue weighted by atomic mass is 9.94. The van der Waals surface area contributed by atoms with Gasteiger partial charge in [0.15, 0.2) is 6.29 Å². The van der Waals surface area contributed by atoms with Crippen molar-refractivity contribution in [3.05, 3.63) is 35.9 Å². The number of benzene rings is 1. The zero-order valence-electron chi connectivity index (χ0n) is 9.80. The highest BCUT2D eigenvalue weighted by Gasteiger charge is 2.51. The Morgan fingerprint density at radius 2 is 2.18 bits per heavy atom. The van der Waals surface area contributed by atoms with E-state index in [1.807, 2.05) is 30.3 Å². The zero-order valence-corrected chi connectivity index (χ0v) is 9.80. The second-order valence-electron chi connectivity index (χ2n) is 4.94. The molecule has 1 aromatic carbocycles. The molecule has 0 amide bonds. The predicted octanol–water partition coefficient (Wildman–Crippen LogP) is 2.28. The first-order valence-corrected chi connectivity index (χ1v) is 5.93. The molecule has 2 saturated heterocycles. The lowest BCUT2D eigenvalue weighted by Crippen LogP contribution is -2.48. The maximum atomic E-state index is 14.3. The molecule has 17 heavy (non-hydrogen) atoms. The molecule has 0 unspecified atom stereocenters. The van der Waals surface area contributed by atoms with Crippen LogP contribution >= 0.6 is 0 Å². The molecule has 3 atom stereocenters. The van der Waals surface area contributed by atoms with E-state index < -0.39 is 5.67 Å². The van der Waals surface area contributed by atoms with Gasteiger partial charge in [-0.3, -0.25) is 4.84 Å². The number of nitrogens with zero attached hydrogens (tertiary/aromatic N) is 1. The third-order valence-electron chi connectivity index (χ3n) is 3.44. The Morgan fingerprint density at radius 1 is 1.41 bits per heavy atom. The Hall–Kier alpha value is -0.970. The molecule has 0 saturated carbocycles. The summed E-state index contributed by atoms with van der Waals surface area (Å²) in [5, 5.41) is 1.73. The Kier molecular flexibility index (Phi) is 2.65. The Labute approximate surface area is 100 Å². The van der Waals surface area contributed by atoms with Crippen molar-refractivity contribution in [1.29, 1.82) is 0 Å². The van der Waals surface area contributed by atoms with Gasteiger partial charge in [0.05, 0.1) is 12.6 Å². The van der Waals surface area contributed by atoms with Crippen molar-refractivity contribution < 1.29 is 14.0 Å². The van der Waals surface area contributed by atoms with Crippen LogP contribution in [-0.4, -0.2) is 29.7 Å². The molecule has 1 aromatic rings. The van der Waals surface area contributed by atoms with Crippen molar-refractivity contribution in [1.82, 2.24) is 5.06 Å². The lowest BCUT2D eigenvalue weighted by Gasteiger charge is -2.32. The largest absolute Gasteiger partial charge is 0.347 e. The van der Waals surface area contributed by atoms with Crippen molar-refractivity contribution in [3.8, 4) is 0 Å². The number of hydroxylamine groups is 2. The molecule has 3 rings (SSSR count). The Morgan fingerprint density at radius 3 is 2.94 bits per heavy atom. The lowest BCUT2D eigenvalue weighted by molar-refractivity contribution is -0.228. The highest BCUT2D eigenvalue weighted by Crippen LogP contribution is 2.38. The first-order chi connectivity index (χ1) is 8.15. The molecule has 2 bridgehead atoms. The topological polar surface area (TPSA) is 21.7 Å². The molecular formula is C13H16FNO2. The first-order valence-electron chi connectivity index (χ1n) is 5.93. The number of hydrogen-bond acceptors (Lipinski definition) is 3. The number of halogens is 1. The van der Waals surface area contributed by atoms with Gasteiger partial charge >= 0.3 is 0 Å². The van der Waals surface area contributed by atoms with Crippen LogP contribution < -0.4 is 0 Å². The van der Waals surface area contributed by atoms with E-state index in [0.717, 1.165) is 5.56 Å². The van der Waals surface area contributed by atoms with Gasteiger partial charge in [0, 0.05) is 13.0 Å². The van der Waals surface area contributed by atoms with Crippen LogP contribution in [0.2, 0.25) is 0 Å². The number of ether oxygens (including phenoxy) is 1. The van der Waals surface area contributed by atoms with Crippen LogP contribution in [0.5, 0.6) is 0 Å². The van der Waals surface area contributed by atoms with Gasteiger partial charge in [-0.15, -0.1) is 0 Å². The van der Waals surface area contributed by atoms with Gasteiger partial charge in [0.25, 0.3) is 0 Å². The zero-order chi connectivity index (χ0) is 11.9. The monoisotopic (exact) mass is 237 g/mol. The standard InChI is InChI=1S/C13H16FNO2/c1-13(14)9-16-12-7-11(13)15(17-12)8-10-5-3-2-4-6-10/h2-6,11-12H,7-9H2,1H3/t11-,12+,13-/m0/s1. The van der Waals surface area contributed by atoms with Gasteiger partial charge in [-0.25, -0.2) is 4.39 Å². The second kappa shape index (κ2) is 4.05. The summed E-state index contributed by atoms with van der Waals surface area (Å²) in [6.07, 6.45) is 0.340. The molecule has 0 aliphatic carbocycles. The summed E-state index contributed by atoms with van der Waals surface area (Å²) >= 11 is 0. The van der Waals surface area contributed by atoms with Gasteiger partial charge in [-0.2, -0.15) is 5.06 Å². The average Bonchev–Trinajstić information content (AvgIpc) is 2.67. The first kappa shape index (κ1) is 11.1. The van der Waals surface area contributed by atoms with E-state index in [-0.39, 0.29) is 18.9 Å². The fraction of sp³-hybridized carbons (Fsp3) is 0.538. The SMILES string of the molecule is C[C@]1(F)CO[C@H]2C[C@@H]1N(Cc1ccccc1)O2. The summed E-state index contributed by atoms with van der Waals surface area (Å²) in [4.78, 5) is 5.60. The Bertz CT molecular complexity index is 396. The van der Waals surface area contributed by atoms with Crippen LogP contribution in [0, 0.1) is 0 Å². The fourth-order valence-electron chi connectivity index (χ4n) is 2.47. The van der Waals surface area contributed by atoms with E-state index in [1.165, 1.54) is 0 Å². The quantitative estimate of drug-likeness (QED) is 0.787. The van der Waals surface area contributed by atoms with Gasteiger partial charge in [0.2, 0.25) is 0 Å². The summed E-state index contributed by atoms with van der Waals surface area (Å²) in [5.41, 5.74) is -0.210. The summed E-state index contributed by atoms with van der Waals surface area (Å²) < 4.78 is 19.6. The third kappa shape index (κ3) is 2.08. The molecule has 2 heterocycles. The molecular weight excluding hydrogens is 221 g/mol. The minimum absolute atomic E-state index is 0.119. The maximum Gasteiger partial charge on any atom is 0.179 e. The van der Waals surface area contributed by atoms with Crippen LogP contribution in [0.15, 0.2) is 30.3 Å². The maximum absolute atomic E-state index is 14.3. The molecule has 4 heteroatoms. The van der Waals surface area contributed by atoms with Crippen molar-refractivity contribution >= 4 is 0 Å². The van der Waals surface area contributed by atoms with E-state index in [4.69, 9.17) is 9.57 Å². The molecule has 0 radical (unpaired) electrons. The van der Waals surface area contributed by atoms with Crippen LogP contribution in [0.1, 0.15) is 18.9 Å². The number of hydrogen-bond donors (Lipinski definition) is 0. The fourth-order valence-corrected chi connectivity index (χ4v) is 2.47. The summed E-state index contributed by atoms with van der Waals surface area (Å²) in [6, 6.07) is 9.74. The number of fused-ring (bicyclic) bond motifs is 2. The van der Waals surface area contributed by atoms with Crippen molar-refractivity contribution in [2.45, 2.75) is 37.9 Å². The van der Waals surface area contributed by atoms with Gasteiger partial charge in [-0.1, -0.05) is 30.3 Å².